The molecule has 0 radical (unpaired) electrons. The number of rotatable bonds is 0. The lowest BCUT2D eigenvalue weighted by molar-refractivity contribution is 0.313. The van der Waals surface area contributed by atoms with E-state index in [9.17, 15) is 0 Å². The van der Waals surface area contributed by atoms with Gasteiger partial charge in [0.2, 0.25) is 5.88 Å². The van der Waals surface area contributed by atoms with Crippen LogP contribution in [0.2, 0.25) is 0 Å². The van der Waals surface area contributed by atoms with E-state index in [-0.39, 0.29) is 0 Å². The normalized spacial score (nSPS) is 20.5. The minimum atomic E-state index is 0.392. The highest BCUT2D eigenvalue weighted by atomic mass is 16.5. The van der Waals surface area contributed by atoms with Crippen molar-refractivity contribution in [3.63, 3.8) is 0 Å². The lowest BCUT2D eigenvalue weighted by Crippen LogP contribution is -2.24. The van der Waals surface area contributed by atoms with Crippen molar-refractivity contribution in [2.75, 3.05) is 0 Å². The molecule has 1 heterocycles. The number of para-hydroxylation sites is 1. The highest BCUT2D eigenvalue weighted by Crippen LogP contribution is 2.19. The van der Waals surface area contributed by atoms with Crippen molar-refractivity contribution >= 4 is 6.08 Å². The van der Waals surface area contributed by atoms with Crippen molar-refractivity contribution in [1.82, 2.24) is 0 Å². The Bertz CT molecular complexity index is 772. The summed E-state index contributed by atoms with van der Waals surface area (Å²) in [4.78, 5) is 4.42. The highest BCUT2D eigenvalue weighted by Gasteiger charge is 2.07. The SMILES string of the molecule is C=C1/N=c2/cccc/c2=C/CC2=C(C=C=CC=C2)O1. The summed E-state index contributed by atoms with van der Waals surface area (Å²) in [6.07, 6.45) is 10.6. The van der Waals surface area contributed by atoms with Crippen LogP contribution in [-0.2, 0) is 4.74 Å². The van der Waals surface area contributed by atoms with E-state index in [1.54, 1.807) is 0 Å². The van der Waals surface area contributed by atoms with E-state index < -0.39 is 0 Å². The molecule has 1 aliphatic heterocycles. The van der Waals surface area contributed by atoms with Crippen molar-refractivity contribution in [3.05, 3.63) is 88.7 Å². The van der Waals surface area contributed by atoms with Crippen LogP contribution in [0.4, 0.5) is 0 Å². The van der Waals surface area contributed by atoms with Gasteiger partial charge in [0.05, 0.1) is 5.36 Å². The van der Waals surface area contributed by atoms with E-state index in [1.807, 2.05) is 48.6 Å². The molecule has 0 N–H and O–H groups in total. The zero-order chi connectivity index (χ0) is 13.1. The average molecular weight is 247 g/mol. The maximum atomic E-state index is 5.72. The van der Waals surface area contributed by atoms with E-state index in [1.165, 1.54) is 0 Å². The van der Waals surface area contributed by atoms with Crippen LogP contribution in [0.5, 0.6) is 0 Å². The number of benzene rings is 1. The van der Waals surface area contributed by atoms with Crippen LogP contribution >= 0.6 is 0 Å². The maximum Gasteiger partial charge on any atom is 0.212 e. The number of hydrogen-bond donors (Lipinski definition) is 0. The zero-order valence-corrected chi connectivity index (χ0v) is 10.5. The summed E-state index contributed by atoms with van der Waals surface area (Å²) >= 11 is 0. The summed E-state index contributed by atoms with van der Waals surface area (Å²) in [5.74, 6) is 1.14. The number of fused-ring (bicyclic) bond motifs is 1. The largest absolute Gasteiger partial charge is 0.439 e. The molecule has 2 nitrogen and oxygen atoms in total. The van der Waals surface area contributed by atoms with Crippen molar-refractivity contribution in [1.29, 1.82) is 0 Å². The number of allylic oxidation sites excluding steroid dienone is 4. The highest BCUT2D eigenvalue weighted by molar-refractivity contribution is 5.42. The topological polar surface area (TPSA) is 21.6 Å². The Morgan fingerprint density at radius 2 is 2.16 bits per heavy atom. The molecule has 0 aromatic heterocycles. The summed E-state index contributed by atoms with van der Waals surface area (Å²) in [7, 11) is 0. The fourth-order valence-electron chi connectivity index (χ4n) is 2.05. The number of ether oxygens (including phenoxy) is 1. The van der Waals surface area contributed by atoms with Gasteiger partial charge in [-0.2, -0.15) is 0 Å². The predicted octanol–water partition coefficient (Wildman–Crippen LogP) is 2.51. The molecule has 19 heavy (non-hydrogen) atoms. The Morgan fingerprint density at radius 3 is 3.11 bits per heavy atom. The second-order valence-electron chi connectivity index (χ2n) is 4.30. The van der Waals surface area contributed by atoms with E-state index >= 15 is 0 Å². The van der Waals surface area contributed by atoms with Crippen LogP contribution in [0, 0.1) is 0 Å². The second-order valence-corrected chi connectivity index (χ2v) is 4.30. The second kappa shape index (κ2) is 4.97. The van der Waals surface area contributed by atoms with Crippen LogP contribution in [-0.4, -0.2) is 0 Å². The number of nitrogens with zero attached hydrogens (tertiary/aromatic N) is 1. The van der Waals surface area contributed by atoms with Crippen LogP contribution in [0.25, 0.3) is 6.08 Å². The van der Waals surface area contributed by atoms with Gasteiger partial charge >= 0.3 is 0 Å². The Morgan fingerprint density at radius 1 is 1.26 bits per heavy atom. The molecule has 1 aliphatic carbocycles. The van der Waals surface area contributed by atoms with Crippen LogP contribution < -0.4 is 10.6 Å². The fourth-order valence-corrected chi connectivity index (χ4v) is 2.05. The molecule has 0 saturated heterocycles. The lowest BCUT2D eigenvalue weighted by Gasteiger charge is -2.07. The molecule has 3 rings (SSSR count). The minimum Gasteiger partial charge on any atom is -0.439 e. The van der Waals surface area contributed by atoms with Crippen molar-refractivity contribution in [3.8, 4) is 0 Å². The van der Waals surface area contributed by atoms with Gasteiger partial charge in [-0.15, -0.1) is 5.73 Å². The van der Waals surface area contributed by atoms with Crippen LogP contribution in [0.15, 0.2) is 83.1 Å². The summed E-state index contributed by atoms with van der Waals surface area (Å²) in [6.45, 7) is 3.86. The standard InChI is InChI=1S/C17H13NO/c1-13-18-16-9-6-5-7-14(16)11-12-15-8-3-2-4-10-17(15)19-13/h2-3,5-11H,1,12H2/b14-11-,18-16-. The Kier molecular flexibility index (Phi) is 3.01. The molecule has 0 atom stereocenters. The molecule has 0 bridgehead atoms. The van der Waals surface area contributed by atoms with Gasteiger partial charge in [-0.05, 0) is 35.9 Å². The first-order chi connectivity index (χ1) is 9.33. The Hall–Kier alpha value is -2.57. The van der Waals surface area contributed by atoms with E-state index in [2.05, 4.69) is 23.4 Å². The molecule has 92 valence electrons. The van der Waals surface area contributed by atoms with Gasteiger partial charge in [-0.3, -0.25) is 0 Å². The predicted molar refractivity (Wildman–Crippen MR) is 75.3 cm³/mol. The molecule has 1 aromatic rings. The van der Waals surface area contributed by atoms with Gasteiger partial charge in [0.1, 0.15) is 5.76 Å². The van der Waals surface area contributed by atoms with Crippen molar-refractivity contribution < 1.29 is 4.74 Å². The number of hydrogen-bond acceptors (Lipinski definition) is 2. The Labute approximate surface area is 111 Å². The molecule has 0 amide bonds. The van der Waals surface area contributed by atoms with Crippen molar-refractivity contribution in [2.24, 2.45) is 4.99 Å². The van der Waals surface area contributed by atoms with Gasteiger partial charge in [-0.1, -0.05) is 36.4 Å². The van der Waals surface area contributed by atoms with E-state index in [0.29, 0.717) is 5.88 Å². The molecule has 2 heteroatoms. The maximum absolute atomic E-state index is 5.72. The first kappa shape index (κ1) is 11.5. The first-order valence-corrected chi connectivity index (χ1v) is 6.16. The van der Waals surface area contributed by atoms with E-state index in [0.717, 1.165) is 28.3 Å². The first-order valence-electron chi connectivity index (χ1n) is 6.16. The monoisotopic (exact) mass is 247 g/mol. The van der Waals surface area contributed by atoms with Crippen LogP contribution in [0.3, 0.4) is 0 Å². The Balaban J connectivity index is 2.18. The van der Waals surface area contributed by atoms with Gasteiger partial charge < -0.3 is 4.74 Å². The van der Waals surface area contributed by atoms with Gasteiger partial charge in [0, 0.05) is 6.08 Å². The van der Waals surface area contributed by atoms with E-state index in [4.69, 9.17) is 4.74 Å². The summed E-state index contributed by atoms with van der Waals surface area (Å²) in [6, 6.07) is 7.98. The summed E-state index contributed by atoms with van der Waals surface area (Å²) in [5.41, 5.74) is 4.13. The average Bonchev–Trinajstić information content (AvgIpc) is 2.59. The summed E-state index contributed by atoms with van der Waals surface area (Å²) < 4.78 is 5.72. The zero-order valence-electron chi connectivity index (χ0n) is 10.5. The smallest absolute Gasteiger partial charge is 0.212 e. The lowest BCUT2D eigenvalue weighted by atomic mass is 10.1. The molecule has 0 saturated carbocycles. The molecule has 0 spiro atoms. The molecule has 0 fully saturated rings. The third kappa shape index (κ3) is 2.49. The third-order valence-electron chi connectivity index (χ3n) is 2.97. The van der Waals surface area contributed by atoms with Gasteiger partial charge in [0.15, 0.2) is 0 Å². The minimum absolute atomic E-state index is 0.392. The molecule has 0 unspecified atom stereocenters. The van der Waals surface area contributed by atoms with Crippen LogP contribution in [0.1, 0.15) is 6.42 Å². The molecular formula is C17H13NO. The quantitative estimate of drug-likeness (QED) is 0.645. The molecular weight excluding hydrogens is 234 g/mol. The van der Waals surface area contributed by atoms with Gasteiger partial charge in [0.25, 0.3) is 0 Å². The van der Waals surface area contributed by atoms with Crippen molar-refractivity contribution in [2.45, 2.75) is 6.42 Å². The molecule has 1 aromatic carbocycles. The summed E-state index contributed by atoms with van der Waals surface area (Å²) in [5, 5.41) is 1.98. The molecule has 2 aliphatic rings. The third-order valence-corrected chi connectivity index (χ3v) is 2.97. The van der Waals surface area contributed by atoms with Gasteiger partial charge in [-0.25, -0.2) is 4.99 Å². The fraction of sp³-hybridized carbons (Fsp3) is 0.0588.